The summed E-state index contributed by atoms with van der Waals surface area (Å²) in [7, 11) is 1.44. The van der Waals surface area contributed by atoms with E-state index in [0.29, 0.717) is 22.1 Å². The number of rotatable bonds is 7. The van der Waals surface area contributed by atoms with Crippen LogP contribution in [0.15, 0.2) is 6.07 Å². The predicted octanol–water partition coefficient (Wildman–Crippen LogP) is 7.57. The molecule has 5 heteroatoms. The van der Waals surface area contributed by atoms with Gasteiger partial charge in [0.2, 0.25) is 5.91 Å². The maximum absolute atomic E-state index is 13.9. The van der Waals surface area contributed by atoms with Crippen LogP contribution in [0.25, 0.3) is 0 Å². The van der Waals surface area contributed by atoms with Crippen LogP contribution in [0.5, 0.6) is 0 Å². The lowest BCUT2D eigenvalue weighted by molar-refractivity contribution is -0.124. The molecule has 32 heavy (non-hydrogen) atoms. The number of hydrogen-bond acceptors (Lipinski definition) is 4. The lowest BCUT2D eigenvalue weighted by atomic mass is 9.73. The van der Waals surface area contributed by atoms with Crippen molar-refractivity contribution in [1.82, 2.24) is 0 Å². The normalized spacial score (nSPS) is 23.8. The third-order valence-corrected chi connectivity index (χ3v) is 9.28. The van der Waals surface area contributed by atoms with Gasteiger partial charge < -0.3 is 9.64 Å². The van der Waals surface area contributed by atoms with Crippen LogP contribution in [0.4, 0.5) is 5.69 Å². The maximum Gasteiger partial charge on any atom is 0.350 e. The van der Waals surface area contributed by atoms with E-state index in [-0.39, 0.29) is 23.8 Å². The Morgan fingerprint density at radius 3 is 2.22 bits per heavy atom. The third kappa shape index (κ3) is 5.58. The molecule has 0 N–H and O–H groups in total. The summed E-state index contributed by atoms with van der Waals surface area (Å²) in [4.78, 5) is 30.6. The number of thiophene rings is 1. The number of hydrogen-bond donors (Lipinski definition) is 0. The second-order valence-corrected chi connectivity index (χ2v) is 12.0. The van der Waals surface area contributed by atoms with Gasteiger partial charge in [-0.2, -0.15) is 0 Å². The number of esters is 1. The first-order valence-electron chi connectivity index (χ1n) is 12.8. The topological polar surface area (TPSA) is 46.6 Å². The highest BCUT2D eigenvalue weighted by molar-refractivity contribution is 7.14. The van der Waals surface area contributed by atoms with Crippen LogP contribution in [0.3, 0.4) is 0 Å². The van der Waals surface area contributed by atoms with Gasteiger partial charge in [0, 0.05) is 16.8 Å². The number of carbonyl (C=O) groups excluding carboxylic acids is 2. The summed E-state index contributed by atoms with van der Waals surface area (Å²) < 4.78 is 5.18. The molecule has 3 rings (SSSR count). The van der Waals surface area contributed by atoms with Crippen molar-refractivity contribution in [2.45, 2.75) is 111 Å². The molecule has 0 aromatic carbocycles. The number of carbonyl (C=O) groups is 2. The molecule has 0 bridgehead atoms. The zero-order valence-corrected chi connectivity index (χ0v) is 21.9. The molecule has 1 aromatic heterocycles. The Morgan fingerprint density at radius 1 is 1.09 bits per heavy atom. The first kappa shape index (κ1) is 25.3. The molecule has 180 valence electrons. The van der Waals surface area contributed by atoms with Crippen LogP contribution in [0, 0.1) is 17.3 Å². The second kappa shape index (κ2) is 10.7. The van der Waals surface area contributed by atoms with Crippen molar-refractivity contribution in [3.8, 4) is 0 Å². The zero-order valence-electron chi connectivity index (χ0n) is 21.0. The molecule has 0 aliphatic heterocycles. The molecular weight excluding hydrogens is 418 g/mol. The van der Waals surface area contributed by atoms with Gasteiger partial charge in [0.05, 0.1) is 12.8 Å². The molecule has 4 nitrogen and oxygen atoms in total. The molecule has 0 radical (unpaired) electrons. The largest absolute Gasteiger partial charge is 0.465 e. The zero-order chi connectivity index (χ0) is 23.5. The molecule has 2 fully saturated rings. The van der Waals surface area contributed by atoms with Gasteiger partial charge in [0.1, 0.15) is 4.88 Å². The summed E-state index contributed by atoms with van der Waals surface area (Å²) in [5.41, 5.74) is 1.20. The minimum Gasteiger partial charge on any atom is -0.465 e. The van der Waals surface area contributed by atoms with Crippen molar-refractivity contribution in [2.75, 3.05) is 12.0 Å². The fourth-order valence-corrected chi connectivity index (χ4v) is 6.79. The maximum atomic E-state index is 13.9. The summed E-state index contributed by atoms with van der Waals surface area (Å²) in [6.07, 6.45) is 10.6. The Labute approximate surface area is 199 Å². The summed E-state index contributed by atoms with van der Waals surface area (Å²) in [6, 6.07) is 2.28. The summed E-state index contributed by atoms with van der Waals surface area (Å²) in [5.74, 6) is 1.14. The third-order valence-electron chi connectivity index (χ3n) is 8.01. The highest BCUT2D eigenvalue weighted by Crippen LogP contribution is 2.47. The molecule has 1 amide bonds. The van der Waals surface area contributed by atoms with E-state index in [4.69, 9.17) is 4.74 Å². The molecule has 0 unspecified atom stereocenters. The Hall–Kier alpha value is -1.36. The lowest BCUT2D eigenvalue weighted by Crippen LogP contribution is -2.44. The predicted molar refractivity (Wildman–Crippen MR) is 134 cm³/mol. The van der Waals surface area contributed by atoms with Gasteiger partial charge in [0.25, 0.3) is 0 Å². The van der Waals surface area contributed by atoms with Gasteiger partial charge in [-0.05, 0) is 87.5 Å². The minimum atomic E-state index is -0.312. The van der Waals surface area contributed by atoms with Crippen LogP contribution in [0.2, 0.25) is 0 Å². The smallest absolute Gasteiger partial charge is 0.350 e. The van der Waals surface area contributed by atoms with E-state index in [2.05, 4.69) is 40.7 Å². The van der Waals surface area contributed by atoms with E-state index < -0.39 is 0 Å². The van der Waals surface area contributed by atoms with Crippen LogP contribution < -0.4 is 4.90 Å². The monoisotopic (exact) mass is 461 g/mol. The Kier molecular flexibility index (Phi) is 8.46. The average Bonchev–Trinajstić information content (AvgIpc) is 3.21. The van der Waals surface area contributed by atoms with Gasteiger partial charge in [0.15, 0.2) is 0 Å². The molecule has 0 atom stereocenters. The van der Waals surface area contributed by atoms with Crippen LogP contribution in [0.1, 0.15) is 119 Å². The van der Waals surface area contributed by atoms with Gasteiger partial charge in [-0.15, -0.1) is 11.3 Å². The molecule has 0 saturated heterocycles. The average molecular weight is 462 g/mol. The van der Waals surface area contributed by atoms with Gasteiger partial charge in [-0.25, -0.2) is 4.79 Å². The van der Waals surface area contributed by atoms with E-state index >= 15 is 0 Å². The van der Waals surface area contributed by atoms with Crippen molar-refractivity contribution in [3.05, 3.63) is 15.8 Å². The quantitative estimate of drug-likeness (QED) is 0.393. The summed E-state index contributed by atoms with van der Waals surface area (Å²) in [6.45, 7) is 11.3. The van der Waals surface area contributed by atoms with Crippen molar-refractivity contribution in [1.29, 1.82) is 0 Å². The van der Waals surface area contributed by atoms with Gasteiger partial charge in [-0.1, -0.05) is 34.6 Å². The Balaban J connectivity index is 1.97. The standard InChI is InChI=1S/C27H43NO3S/c1-7-21(8-2)28(25(29)20-11-9-18(3)10-12-20)22-17-23(32-24(22)26(30)31-6)19-13-15-27(4,5)16-14-19/h17-21H,7-16H2,1-6H3. The summed E-state index contributed by atoms with van der Waals surface area (Å²) in [5, 5.41) is 0. The van der Waals surface area contributed by atoms with Crippen molar-refractivity contribution in [3.63, 3.8) is 0 Å². The SMILES string of the molecule is CCC(CC)N(C(=O)C1CCC(C)CC1)c1cc(C2CCC(C)(C)CC2)sc1C(=O)OC. The molecule has 2 saturated carbocycles. The number of nitrogens with zero attached hydrogens (tertiary/aromatic N) is 1. The summed E-state index contributed by atoms with van der Waals surface area (Å²) >= 11 is 1.56. The van der Waals surface area contributed by atoms with E-state index in [1.54, 1.807) is 11.3 Å². The first-order chi connectivity index (χ1) is 15.2. The molecule has 2 aliphatic carbocycles. The van der Waals surface area contributed by atoms with E-state index in [9.17, 15) is 9.59 Å². The number of ether oxygens (including phenoxy) is 1. The first-order valence-corrected chi connectivity index (χ1v) is 13.6. The van der Waals surface area contributed by atoms with Crippen LogP contribution in [-0.4, -0.2) is 25.0 Å². The van der Waals surface area contributed by atoms with E-state index in [0.717, 1.165) is 57.1 Å². The fourth-order valence-electron chi connectivity index (χ4n) is 5.56. The Morgan fingerprint density at radius 2 is 1.69 bits per heavy atom. The number of amides is 1. The fraction of sp³-hybridized carbons (Fsp3) is 0.778. The van der Waals surface area contributed by atoms with Gasteiger partial charge in [-0.3, -0.25) is 4.79 Å². The highest BCUT2D eigenvalue weighted by atomic mass is 32.1. The van der Waals surface area contributed by atoms with Crippen molar-refractivity contribution in [2.24, 2.45) is 17.3 Å². The van der Waals surface area contributed by atoms with Gasteiger partial charge >= 0.3 is 5.97 Å². The van der Waals surface area contributed by atoms with E-state index in [1.807, 2.05) is 4.90 Å². The number of anilines is 1. The van der Waals surface area contributed by atoms with Crippen LogP contribution in [-0.2, 0) is 9.53 Å². The van der Waals surface area contributed by atoms with Crippen molar-refractivity contribution >= 4 is 28.9 Å². The molecule has 1 aromatic rings. The van der Waals surface area contributed by atoms with Crippen molar-refractivity contribution < 1.29 is 14.3 Å². The minimum absolute atomic E-state index is 0.0659. The molecular formula is C27H43NO3S. The lowest BCUT2D eigenvalue weighted by Gasteiger charge is -2.36. The number of methoxy groups -OCH3 is 1. The van der Waals surface area contributed by atoms with Crippen LogP contribution >= 0.6 is 11.3 Å². The second-order valence-electron chi connectivity index (χ2n) is 10.9. The Bertz CT molecular complexity index is 777. The molecule has 1 heterocycles. The molecule has 2 aliphatic rings. The van der Waals surface area contributed by atoms with E-state index in [1.165, 1.54) is 24.8 Å². The molecule has 0 spiro atoms. The highest BCUT2D eigenvalue weighted by Gasteiger charge is 2.36.